The number of aromatic nitrogens is 2. The Kier molecular flexibility index (Phi) is 2.78. The highest BCUT2D eigenvalue weighted by Crippen LogP contribution is 2.30. The first-order chi connectivity index (χ1) is 9.92. The molecule has 0 bridgehead atoms. The zero-order valence-corrected chi connectivity index (χ0v) is 11.3. The van der Waals surface area contributed by atoms with Crippen LogP contribution in [-0.2, 0) is 0 Å². The van der Waals surface area contributed by atoms with Gasteiger partial charge in [-0.05, 0) is 43.1 Å². The Labute approximate surface area is 118 Å². The number of aromatic amines is 1. The van der Waals surface area contributed by atoms with Crippen LogP contribution >= 0.6 is 0 Å². The summed E-state index contributed by atoms with van der Waals surface area (Å²) in [7, 11) is 0. The van der Waals surface area contributed by atoms with Gasteiger partial charge in [-0.2, -0.15) is 0 Å². The molecule has 3 aromatic rings. The van der Waals surface area contributed by atoms with Crippen molar-refractivity contribution in [3.05, 3.63) is 54.4 Å². The molecule has 0 radical (unpaired) electrons. The van der Waals surface area contributed by atoms with Crippen LogP contribution in [0.15, 0.2) is 48.8 Å². The van der Waals surface area contributed by atoms with Crippen LogP contribution in [0.25, 0.3) is 22.2 Å². The number of rotatable bonds is 2. The number of para-hydroxylation sites is 1. The fraction of sp³-hybridized carbons (Fsp3) is 0.235. The summed E-state index contributed by atoms with van der Waals surface area (Å²) in [6.45, 7) is 1.12. The van der Waals surface area contributed by atoms with Gasteiger partial charge in [-0.25, -0.2) is 0 Å². The maximum atomic E-state index is 4.56. The van der Waals surface area contributed by atoms with Crippen molar-refractivity contribution in [2.75, 3.05) is 6.54 Å². The van der Waals surface area contributed by atoms with E-state index >= 15 is 0 Å². The van der Waals surface area contributed by atoms with Crippen LogP contribution < -0.4 is 5.32 Å². The first-order valence-corrected chi connectivity index (χ1v) is 7.18. The lowest BCUT2D eigenvalue weighted by Gasteiger charge is -2.11. The molecule has 1 unspecified atom stereocenters. The molecule has 0 aliphatic carbocycles. The van der Waals surface area contributed by atoms with Crippen LogP contribution in [0.4, 0.5) is 0 Å². The minimum Gasteiger partial charge on any atom is -0.360 e. The summed E-state index contributed by atoms with van der Waals surface area (Å²) in [5, 5.41) is 4.78. The number of pyridine rings is 1. The SMILES string of the molecule is c1ccc2c(-c3cc(C4CCCN4)ccn3)c[nH]c2c1. The van der Waals surface area contributed by atoms with E-state index < -0.39 is 0 Å². The second kappa shape index (κ2) is 4.76. The van der Waals surface area contributed by atoms with Gasteiger partial charge in [-0.1, -0.05) is 18.2 Å². The van der Waals surface area contributed by atoms with Crippen molar-refractivity contribution in [1.82, 2.24) is 15.3 Å². The molecule has 3 nitrogen and oxygen atoms in total. The highest BCUT2D eigenvalue weighted by Gasteiger charge is 2.17. The summed E-state index contributed by atoms with van der Waals surface area (Å²) in [6.07, 6.45) is 6.46. The van der Waals surface area contributed by atoms with Gasteiger partial charge in [-0.3, -0.25) is 4.98 Å². The van der Waals surface area contributed by atoms with Crippen LogP contribution in [-0.4, -0.2) is 16.5 Å². The molecule has 2 N–H and O–H groups in total. The first-order valence-electron chi connectivity index (χ1n) is 7.18. The van der Waals surface area contributed by atoms with E-state index in [1.54, 1.807) is 0 Å². The summed E-state index contributed by atoms with van der Waals surface area (Å²) < 4.78 is 0. The summed E-state index contributed by atoms with van der Waals surface area (Å²) >= 11 is 0. The number of nitrogens with one attached hydrogen (secondary N) is 2. The topological polar surface area (TPSA) is 40.7 Å². The van der Waals surface area contributed by atoms with Gasteiger partial charge in [0, 0.05) is 34.9 Å². The smallest absolute Gasteiger partial charge is 0.0726 e. The van der Waals surface area contributed by atoms with Crippen molar-refractivity contribution in [3.8, 4) is 11.3 Å². The molecule has 1 fully saturated rings. The Bertz CT molecular complexity index is 739. The molecular weight excluding hydrogens is 246 g/mol. The largest absolute Gasteiger partial charge is 0.360 e. The molecular formula is C17H17N3. The highest BCUT2D eigenvalue weighted by molar-refractivity contribution is 5.94. The molecule has 3 heterocycles. The second-order valence-electron chi connectivity index (χ2n) is 5.37. The molecule has 1 aliphatic rings. The maximum absolute atomic E-state index is 4.56. The lowest BCUT2D eigenvalue weighted by molar-refractivity contribution is 0.647. The molecule has 0 amide bonds. The van der Waals surface area contributed by atoms with Crippen LogP contribution in [0.3, 0.4) is 0 Å². The van der Waals surface area contributed by atoms with E-state index in [2.05, 4.69) is 57.9 Å². The van der Waals surface area contributed by atoms with Crippen LogP contribution in [0.1, 0.15) is 24.4 Å². The van der Waals surface area contributed by atoms with Crippen molar-refractivity contribution in [2.45, 2.75) is 18.9 Å². The number of nitrogens with zero attached hydrogens (tertiary/aromatic N) is 1. The molecule has 2 aromatic heterocycles. The normalized spacial score (nSPS) is 18.7. The maximum Gasteiger partial charge on any atom is 0.0726 e. The molecule has 0 spiro atoms. The predicted octanol–water partition coefficient (Wildman–Crippen LogP) is 3.65. The molecule has 3 heteroatoms. The standard InChI is InChI=1S/C17H17N3/c1-2-5-16-13(4-1)14(11-20-16)17-10-12(7-9-19-17)15-6-3-8-18-15/h1-2,4-5,7,9-11,15,18,20H,3,6,8H2. The number of hydrogen-bond acceptors (Lipinski definition) is 2. The predicted molar refractivity (Wildman–Crippen MR) is 81.5 cm³/mol. The Morgan fingerprint density at radius 2 is 2.10 bits per heavy atom. The van der Waals surface area contributed by atoms with E-state index in [-0.39, 0.29) is 0 Å². The third-order valence-electron chi connectivity index (χ3n) is 4.11. The molecule has 0 saturated carbocycles. The van der Waals surface area contributed by atoms with E-state index in [9.17, 15) is 0 Å². The fourth-order valence-corrected chi connectivity index (χ4v) is 3.06. The van der Waals surface area contributed by atoms with Crippen molar-refractivity contribution in [2.24, 2.45) is 0 Å². The lowest BCUT2D eigenvalue weighted by atomic mass is 10.0. The van der Waals surface area contributed by atoms with Crippen LogP contribution in [0, 0.1) is 0 Å². The molecule has 4 rings (SSSR count). The van der Waals surface area contributed by atoms with Gasteiger partial charge in [0.2, 0.25) is 0 Å². The summed E-state index contributed by atoms with van der Waals surface area (Å²) in [5.74, 6) is 0. The van der Waals surface area contributed by atoms with E-state index in [0.29, 0.717) is 6.04 Å². The van der Waals surface area contributed by atoms with Crippen molar-refractivity contribution in [3.63, 3.8) is 0 Å². The molecule has 100 valence electrons. The monoisotopic (exact) mass is 263 g/mol. The van der Waals surface area contributed by atoms with Crippen LogP contribution in [0.5, 0.6) is 0 Å². The molecule has 1 saturated heterocycles. The average molecular weight is 263 g/mol. The van der Waals surface area contributed by atoms with Crippen molar-refractivity contribution in [1.29, 1.82) is 0 Å². The van der Waals surface area contributed by atoms with E-state index in [0.717, 1.165) is 17.8 Å². The highest BCUT2D eigenvalue weighted by atomic mass is 14.9. The van der Waals surface area contributed by atoms with Gasteiger partial charge in [0.15, 0.2) is 0 Å². The number of benzene rings is 1. The molecule has 1 aliphatic heterocycles. The quantitative estimate of drug-likeness (QED) is 0.741. The van der Waals surface area contributed by atoms with Gasteiger partial charge in [0.25, 0.3) is 0 Å². The van der Waals surface area contributed by atoms with Gasteiger partial charge in [-0.15, -0.1) is 0 Å². The van der Waals surface area contributed by atoms with Crippen molar-refractivity contribution < 1.29 is 0 Å². The van der Waals surface area contributed by atoms with Gasteiger partial charge in [0.05, 0.1) is 5.69 Å². The van der Waals surface area contributed by atoms with E-state index in [1.165, 1.54) is 29.4 Å². The lowest BCUT2D eigenvalue weighted by Crippen LogP contribution is -2.12. The molecule has 20 heavy (non-hydrogen) atoms. The third kappa shape index (κ3) is 1.91. The minimum absolute atomic E-state index is 0.488. The Morgan fingerprint density at radius 3 is 3.00 bits per heavy atom. The van der Waals surface area contributed by atoms with Crippen molar-refractivity contribution >= 4 is 10.9 Å². The minimum atomic E-state index is 0.488. The summed E-state index contributed by atoms with van der Waals surface area (Å²) in [5.41, 5.74) is 4.74. The molecule has 1 atom stereocenters. The Balaban J connectivity index is 1.80. The van der Waals surface area contributed by atoms with Gasteiger partial charge < -0.3 is 10.3 Å². The third-order valence-corrected chi connectivity index (χ3v) is 4.11. The number of hydrogen-bond donors (Lipinski definition) is 2. The van der Waals surface area contributed by atoms with Gasteiger partial charge in [0.1, 0.15) is 0 Å². The Morgan fingerprint density at radius 1 is 1.15 bits per heavy atom. The van der Waals surface area contributed by atoms with Gasteiger partial charge >= 0.3 is 0 Å². The summed E-state index contributed by atoms with van der Waals surface area (Å²) in [6, 6.07) is 13.2. The summed E-state index contributed by atoms with van der Waals surface area (Å²) in [4.78, 5) is 7.88. The number of H-pyrrole nitrogens is 1. The zero-order valence-electron chi connectivity index (χ0n) is 11.3. The van der Waals surface area contributed by atoms with E-state index in [1.807, 2.05) is 6.20 Å². The molecule has 1 aromatic carbocycles. The van der Waals surface area contributed by atoms with E-state index in [4.69, 9.17) is 0 Å². The second-order valence-corrected chi connectivity index (χ2v) is 5.37. The number of fused-ring (bicyclic) bond motifs is 1. The average Bonchev–Trinajstić information content (AvgIpc) is 3.17. The first kappa shape index (κ1) is 11.7. The Hall–Kier alpha value is -2.13. The van der Waals surface area contributed by atoms with Crippen LogP contribution in [0.2, 0.25) is 0 Å². The zero-order chi connectivity index (χ0) is 13.4. The fourth-order valence-electron chi connectivity index (χ4n) is 3.06.